The third-order valence-corrected chi connectivity index (χ3v) is 6.24. The fourth-order valence-corrected chi connectivity index (χ4v) is 4.69. The van der Waals surface area contributed by atoms with E-state index in [2.05, 4.69) is 21.4 Å². The van der Waals surface area contributed by atoms with Gasteiger partial charge in [-0.25, -0.2) is 0 Å². The third-order valence-electron chi connectivity index (χ3n) is 5.32. The molecule has 2 aromatic heterocycles. The van der Waals surface area contributed by atoms with Crippen LogP contribution in [-0.2, 0) is 9.59 Å². The Morgan fingerprint density at radius 2 is 2.10 bits per heavy atom. The quantitative estimate of drug-likeness (QED) is 0.633. The number of anilines is 1. The standard InChI is InChI=1S/C22H22N4O2S/c1-2-20(27)26(17-10-11-18-15(13-17)14-23-25-18)21(19-9-6-12-29-19)22(28)24-16-7-4-3-5-8-16/h1,6,9-14,16,21H,3-5,7-8H2,(H,23,25)(H,24,28). The van der Waals surface area contributed by atoms with Gasteiger partial charge >= 0.3 is 5.91 Å². The topological polar surface area (TPSA) is 78.1 Å². The van der Waals surface area contributed by atoms with E-state index in [0.29, 0.717) is 5.69 Å². The molecule has 0 spiro atoms. The van der Waals surface area contributed by atoms with Crippen LogP contribution in [0.25, 0.3) is 10.9 Å². The van der Waals surface area contributed by atoms with Gasteiger partial charge in [-0.3, -0.25) is 19.6 Å². The highest BCUT2D eigenvalue weighted by molar-refractivity contribution is 7.10. The second-order valence-electron chi connectivity index (χ2n) is 7.22. The summed E-state index contributed by atoms with van der Waals surface area (Å²) in [7, 11) is 0. The number of carbonyl (C=O) groups excluding carboxylic acids is 2. The summed E-state index contributed by atoms with van der Waals surface area (Å²) in [6, 6.07) is 8.50. The van der Waals surface area contributed by atoms with E-state index in [1.807, 2.05) is 29.6 Å². The third kappa shape index (κ3) is 4.03. The second kappa shape index (κ2) is 8.50. The van der Waals surface area contributed by atoms with Crippen molar-refractivity contribution in [3.8, 4) is 12.3 Å². The van der Waals surface area contributed by atoms with Crippen molar-refractivity contribution < 1.29 is 9.59 Å². The normalized spacial score (nSPS) is 15.6. The van der Waals surface area contributed by atoms with Gasteiger partial charge in [-0.1, -0.05) is 25.3 Å². The van der Waals surface area contributed by atoms with Crippen LogP contribution in [0.3, 0.4) is 0 Å². The predicted molar refractivity (Wildman–Crippen MR) is 114 cm³/mol. The van der Waals surface area contributed by atoms with Crippen LogP contribution in [0, 0.1) is 12.3 Å². The maximum Gasteiger partial charge on any atom is 0.303 e. The van der Waals surface area contributed by atoms with Crippen LogP contribution in [-0.4, -0.2) is 28.1 Å². The van der Waals surface area contributed by atoms with Gasteiger partial charge in [-0.05, 0) is 48.4 Å². The van der Waals surface area contributed by atoms with Gasteiger partial charge < -0.3 is 5.32 Å². The van der Waals surface area contributed by atoms with Crippen molar-refractivity contribution >= 4 is 39.7 Å². The van der Waals surface area contributed by atoms with Crippen molar-refractivity contribution in [1.29, 1.82) is 0 Å². The van der Waals surface area contributed by atoms with E-state index in [4.69, 9.17) is 6.42 Å². The molecule has 1 unspecified atom stereocenters. The van der Waals surface area contributed by atoms with E-state index in [0.717, 1.165) is 41.5 Å². The Morgan fingerprint density at radius 3 is 2.83 bits per heavy atom. The number of hydrogen-bond donors (Lipinski definition) is 2. The number of H-pyrrole nitrogens is 1. The summed E-state index contributed by atoms with van der Waals surface area (Å²) in [5, 5.41) is 12.8. The number of terminal acetylenes is 1. The lowest BCUT2D eigenvalue weighted by atomic mass is 9.95. The maximum absolute atomic E-state index is 13.4. The van der Waals surface area contributed by atoms with Crippen LogP contribution in [0.5, 0.6) is 0 Å². The SMILES string of the molecule is C#CC(=O)N(c1ccc2[nH]ncc2c1)C(C(=O)NC1CCCCC1)c1cccs1. The van der Waals surface area contributed by atoms with E-state index in [1.54, 1.807) is 12.3 Å². The largest absolute Gasteiger partial charge is 0.351 e. The number of nitrogens with zero attached hydrogens (tertiary/aromatic N) is 2. The molecular formula is C22H22N4O2S. The van der Waals surface area contributed by atoms with E-state index in [9.17, 15) is 9.59 Å². The lowest BCUT2D eigenvalue weighted by Crippen LogP contribution is -2.46. The Bertz CT molecular complexity index is 1040. The number of rotatable bonds is 5. The number of fused-ring (bicyclic) bond motifs is 1. The Labute approximate surface area is 173 Å². The van der Waals surface area contributed by atoms with Crippen LogP contribution >= 0.6 is 11.3 Å². The first kappa shape index (κ1) is 19.2. The van der Waals surface area contributed by atoms with Crippen LogP contribution < -0.4 is 10.2 Å². The molecule has 1 fully saturated rings. The Kier molecular flexibility index (Phi) is 5.63. The number of thiophene rings is 1. The zero-order valence-corrected chi connectivity index (χ0v) is 16.7. The van der Waals surface area contributed by atoms with Gasteiger partial charge in [0.05, 0.1) is 11.7 Å². The molecule has 0 aliphatic heterocycles. The van der Waals surface area contributed by atoms with E-state index < -0.39 is 11.9 Å². The number of aromatic nitrogens is 2. The number of aromatic amines is 1. The molecule has 7 heteroatoms. The molecule has 148 valence electrons. The van der Waals surface area contributed by atoms with Gasteiger partial charge in [0.2, 0.25) is 5.91 Å². The number of amides is 2. The number of carbonyl (C=O) groups is 2. The van der Waals surface area contributed by atoms with Crippen LogP contribution in [0.2, 0.25) is 0 Å². The highest BCUT2D eigenvalue weighted by atomic mass is 32.1. The molecule has 6 nitrogen and oxygen atoms in total. The molecule has 2 heterocycles. The Hall–Kier alpha value is -3.11. The number of nitrogens with one attached hydrogen (secondary N) is 2. The lowest BCUT2D eigenvalue weighted by Gasteiger charge is -2.31. The molecule has 2 amide bonds. The summed E-state index contributed by atoms with van der Waals surface area (Å²) in [6.07, 6.45) is 12.5. The van der Waals surface area contributed by atoms with E-state index in [-0.39, 0.29) is 11.9 Å². The van der Waals surface area contributed by atoms with Crippen molar-refractivity contribution in [2.24, 2.45) is 0 Å². The molecule has 1 aliphatic rings. The van der Waals surface area contributed by atoms with Crippen LogP contribution in [0.15, 0.2) is 41.9 Å². The molecule has 29 heavy (non-hydrogen) atoms. The minimum absolute atomic E-state index is 0.137. The molecule has 0 radical (unpaired) electrons. The van der Waals surface area contributed by atoms with E-state index >= 15 is 0 Å². The summed E-state index contributed by atoms with van der Waals surface area (Å²) in [5.74, 6) is 1.44. The second-order valence-corrected chi connectivity index (χ2v) is 8.20. The van der Waals surface area contributed by atoms with Gasteiger partial charge in [0.1, 0.15) is 0 Å². The fourth-order valence-electron chi connectivity index (χ4n) is 3.88. The molecule has 0 saturated heterocycles. The Balaban J connectivity index is 1.73. The van der Waals surface area contributed by atoms with Crippen LogP contribution in [0.1, 0.15) is 43.0 Å². The first-order valence-electron chi connectivity index (χ1n) is 9.74. The predicted octanol–water partition coefficient (Wildman–Crippen LogP) is 3.78. The summed E-state index contributed by atoms with van der Waals surface area (Å²) in [5.41, 5.74) is 1.42. The average Bonchev–Trinajstić information content (AvgIpc) is 3.43. The van der Waals surface area contributed by atoms with Crippen molar-refractivity contribution in [2.45, 2.75) is 44.2 Å². The average molecular weight is 407 g/mol. The minimum atomic E-state index is -0.815. The Morgan fingerprint density at radius 1 is 1.28 bits per heavy atom. The molecule has 1 atom stereocenters. The van der Waals surface area contributed by atoms with E-state index in [1.165, 1.54) is 22.7 Å². The number of benzene rings is 1. The van der Waals surface area contributed by atoms with Crippen molar-refractivity contribution in [2.75, 3.05) is 4.90 Å². The minimum Gasteiger partial charge on any atom is -0.351 e. The summed E-state index contributed by atoms with van der Waals surface area (Å²) < 4.78 is 0. The molecule has 1 aromatic carbocycles. The highest BCUT2D eigenvalue weighted by Gasteiger charge is 2.34. The smallest absolute Gasteiger partial charge is 0.303 e. The first-order chi connectivity index (χ1) is 14.2. The number of hydrogen-bond acceptors (Lipinski definition) is 4. The van der Waals surface area contributed by atoms with Crippen LogP contribution in [0.4, 0.5) is 5.69 Å². The highest BCUT2D eigenvalue weighted by Crippen LogP contribution is 2.32. The zero-order valence-electron chi connectivity index (χ0n) is 15.9. The zero-order chi connectivity index (χ0) is 20.2. The maximum atomic E-state index is 13.4. The lowest BCUT2D eigenvalue weighted by molar-refractivity contribution is -0.125. The molecule has 1 saturated carbocycles. The summed E-state index contributed by atoms with van der Waals surface area (Å²) in [6.45, 7) is 0. The molecule has 4 rings (SSSR count). The van der Waals surface area contributed by atoms with Crippen molar-refractivity contribution in [3.63, 3.8) is 0 Å². The molecule has 3 aromatic rings. The monoisotopic (exact) mass is 406 g/mol. The molecular weight excluding hydrogens is 384 g/mol. The van der Waals surface area contributed by atoms with Gasteiger partial charge in [0, 0.05) is 22.0 Å². The van der Waals surface area contributed by atoms with Gasteiger partial charge in [0.25, 0.3) is 0 Å². The molecule has 1 aliphatic carbocycles. The molecule has 0 bridgehead atoms. The fraction of sp³-hybridized carbons (Fsp3) is 0.318. The molecule has 2 N–H and O–H groups in total. The van der Waals surface area contributed by atoms with Gasteiger partial charge in [-0.2, -0.15) is 5.10 Å². The summed E-state index contributed by atoms with van der Waals surface area (Å²) >= 11 is 1.44. The summed E-state index contributed by atoms with van der Waals surface area (Å²) in [4.78, 5) is 28.4. The van der Waals surface area contributed by atoms with Gasteiger partial charge in [0.15, 0.2) is 6.04 Å². The van der Waals surface area contributed by atoms with Crippen molar-refractivity contribution in [3.05, 3.63) is 46.8 Å². The van der Waals surface area contributed by atoms with Gasteiger partial charge in [-0.15, -0.1) is 17.8 Å². The first-order valence-corrected chi connectivity index (χ1v) is 10.6. The van der Waals surface area contributed by atoms with Crippen molar-refractivity contribution in [1.82, 2.24) is 15.5 Å².